The molecule has 0 aliphatic carbocycles. The predicted molar refractivity (Wildman–Crippen MR) is 170 cm³/mol. The first-order valence-electron chi connectivity index (χ1n) is 13.8. The Hall–Kier alpha value is -3.47. The van der Waals surface area contributed by atoms with E-state index in [0.717, 1.165) is 9.87 Å². The maximum absolute atomic E-state index is 14.3. The van der Waals surface area contributed by atoms with E-state index in [4.69, 9.17) is 32.7 Å². The van der Waals surface area contributed by atoms with Gasteiger partial charge in [0.05, 0.1) is 34.8 Å². The number of carbonyl (C=O) groups is 2. The maximum atomic E-state index is 14.3. The molecule has 0 aromatic heterocycles. The highest BCUT2D eigenvalue weighted by molar-refractivity contribution is 7.92. The highest BCUT2D eigenvalue weighted by Crippen LogP contribution is 2.36. The highest BCUT2D eigenvalue weighted by Gasteiger charge is 2.35. The van der Waals surface area contributed by atoms with Gasteiger partial charge in [-0.2, -0.15) is 0 Å². The van der Waals surface area contributed by atoms with Crippen LogP contribution in [0.5, 0.6) is 11.5 Å². The third kappa shape index (κ3) is 8.34. The summed E-state index contributed by atoms with van der Waals surface area (Å²) in [5, 5.41) is 3.49. The Kier molecular flexibility index (Phi) is 12.1. The van der Waals surface area contributed by atoms with Crippen LogP contribution in [0.15, 0.2) is 65.6 Å². The summed E-state index contributed by atoms with van der Waals surface area (Å²) in [6.45, 7) is 5.35. The van der Waals surface area contributed by atoms with E-state index in [1.807, 2.05) is 13.8 Å². The van der Waals surface area contributed by atoms with Gasteiger partial charge in [0, 0.05) is 19.2 Å². The Balaban J connectivity index is 2.15. The standard InChI is InChI=1S/C31H37Cl2N3O6S/c1-6-16-34-31(38)27(7-2)35(19-22-10-14-25(32)26(33)17-22)30(37)20-36(28-18-23(41-4)11-15-29(28)42-5)43(39,40)24-12-8-21(3)9-13-24/h8-15,17-18,27H,6-7,16,19-20H2,1-5H3,(H,34,38). The quantitative estimate of drug-likeness (QED) is 0.235. The van der Waals surface area contributed by atoms with Crippen molar-refractivity contribution in [2.75, 3.05) is 31.6 Å². The second-order valence-corrected chi connectivity index (χ2v) is 12.5. The van der Waals surface area contributed by atoms with E-state index in [1.165, 1.54) is 37.3 Å². The van der Waals surface area contributed by atoms with Gasteiger partial charge < -0.3 is 19.7 Å². The minimum absolute atomic E-state index is 0.0125. The first-order chi connectivity index (χ1) is 20.5. The van der Waals surface area contributed by atoms with Gasteiger partial charge in [0.15, 0.2) is 0 Å². The number of hydrogen-bond donors (Lipinski definition) is 1. The Bertz CT molecular complexity index is 1530. The largest absolute Gasteiger partial charge is 0.497 e. The van der Waals surface area contributed by atoms with Crippen molar-refractivity contribution in [3.63, 3.8) is 0 Å². The summed E-state index contributed by atoms with van der Waals surface area (Å²) in [7, 11) is -1.44. The number of nitrogens with zero attached hydrogens (tertiary/aromatic N) is 2. The first-order valence-corrected chi connectivity index (χ1v) is 16.0. The van der Waals surface area contributed by atoms with Crippen LogP contribution >= 0.6 is 23.2 Å². The van der Waals surface area contributed by atoms with E-state index >= 15 is 0 Å². The minimum Gasteiger partial charge on any atom is -0.497 e. The van der Waals surface area contributed by atoms with Crippen LogP contribution in [0.25, 0.3) is 0 Å². The lowest BCUT2D eigenvalue weighted by molar-refractivity contribution is -0.140. The van der Waals surface area contributed by atoms with Crippen LogP contribution in [0, 0.1) is 6.92 Å². The Morgan fingerprint density at radius 2 is 1.63 bits per heavy atom. The lowest BCUT2D eigenvalue weighted by Crippen LogP contribution is -2.52. The highest BCUT2D eigenvalue weighted by atomic mass is 35.5. The summed E-state index contributed by atoms with van der Waals surface area (Å²) in [5.41, 5.74) is 1.60. The molecule has 43 heavy (non-hydrogen) atoms. The number of ether oxygens (including phenoxy) is 2. The topological polar surface area (TPSA) is 105 Å². The number of amides is 2. The van der Waals surface area contributed by atoms with Gasteiger partial charge in [-0.05, 0) is 61.7 Å². The fourth-order valence-corrected chi connectivity index (χ4v) is 6.20. The number of methoxy groups -OCH3 is 2. The van der Waals surface area contributed by atoms with Gasteiger partial charge in [-0.1, -0.05) is 60.8 Å². The molecule has 3 rings (SSSR count). The molecule has 0 fully saturated rings. The smallest absolute Gasteiger partial charge is 0.264 e. The number of hydrogen-bond acceptors (Lipinski definition) is 6. The summed E-state index contributed by atoms with van der Waals surface area (Å²) in [4.78, 5) is 28.9. The zero-order valence-corrected chi connectivity index (χ0v) is 27.2. The van der Waals surface area contributed by atoms with Gasteiger partial charge in [0.25, 0.3) is 10.0 Å². The lowest BCUT2D eigenvalue weighted by atomic mass is 10.1. The molecule has 3 aromatic rings. The van der Waals surface area contributed by atoms with Crippen molar-refractivity contribution >= 4 is 50.7 Å². The van der Waals surface area contributed by atoms with Crippen LogP contribution in [-0.2, 0) is 26.2 Å². The summed E-state index contributed by atoms with van der Waals surface area (Å²) >= 11 is 12.4. The van der Waals surface area contributed by atoms with Crippen molar-refractivity contribution in [2.45, 2.75) is 51.1 Å². The second kappa shape index (κ2) is 15.3. The fraction of sp³-hybridized carbons (Fsp3) is 0.355. The van der Waals surface area contributed by atoms with Crippen LogP contribution in [0.2, 0.25) is 10.0 Å². The third-order valence-corrected chi connectivity index (χ3v) is 9.33. The van der Waals surface area contributed by atoms with Gasteiger partial charge in [-0.25, -0.2) is 8.42 Å². The van der Waals surface area contributed by atoms with Crippen molar-refractivity contribution in [3.05, 3.63) is 81.8 Å². The monoisotopic (exact) mass is 649 g/mol. The lowest BCUT2D eigenvalue weighted by Gasteiger charge is -2.33. The second-order valence-electron chi connectivity index (χ2n) is 9.85. The van der Waals surface area contributed by atoms with Crippen LogP contribution in [-0.4, -0.2) is 58.5 Å². The van der Waals surface area contributed by atoms with Crippen molar-refractivity contribution in [3.8, 4) is 11.5 Å². The van der Waals surface area contributed by atoms with E-state index in [2.05, 4.69) is 5.32 Å². The summed E-state index contributed by atoms with van der Waals surface area (Å²) in [6, 6.07) is 15.1. The van der Waals surface area contributed by atoms with E-state index in [-0.39, 0.29) is 35.2 Å². The molecule has 232 valence electrons. The zero-order valence-electron chi connectivity index (χ0n) is 24.9. The molecule has 0 heterocycles. The van der Waals surface area contributed by atoms with Crippen LogP contribution in [0.4, 0.5) is 5.69 Å². The molecule has 0 aliphatic rings. The van der Waals surface area contributed by atoms with Gasteiger partial charge >= 0.3 is 0 Å². The van der Waals surface area contributed by atoms with E-state index in [1.54, 1.807) is 49.4 Å². The number of rotatable bonds is 14. The SMILES string of the molecule is CCCNC(=O)C(CC)N(Cc1ccc(Cl)c(Cl)c1)C(=O)CN(c1cc(OC)ccc1OC)S(=O)(=O)c1ccc(C)cc1. The zero-order chi connectivity index (χ0) is 31.7. The van der Waals surface area contributed by atoms with Crippen molar-refractivity contribution in [1.29, 1.82) is 0 Å². The Morgan fingerprint density at radius 3 is 2.21 bits per heavy atom. The average Bonchev–Trinajstić information content (AvgIpc) is 3.00. The molecule has 1 unspecified atom stereocenters. The molecular formula is C31H37Cl2N3O6S. The molecule has 0 saturated heterocycles. The van der Waals surface area contributed by atoms with E-state index in [0.29, 0.717) is 34.3 Å². The fourth-order valence-electron chi connectivity index (χ4n) is 4.46. The number of halogens is 2. The van der Waals surface area contributed by atoms with Crippen molar-refractivity contribution in [2.24, 2.45) is 0 Å². The van der Waals surface area contributed by atoms with Crippen molar-refractivity contribution < 1.29 is 27.5 Å². The predicted octanol–water partition coefficient (Wildman–Crippen LogP) is 5.85. The Morgan fingerprint density at radius 1 is 0.930 bits per heavy atom. The molecule has 0 radical (unpaired) electrons. The van der Waals surface area contributed by atoms with Gasteiger partial charge in [0.1, 0.15) is 24.1 Å². The van der Waals surface area contributed by atoms with Crippen LogP contribution < -0.4 is 19.1 Å². The number of anilines is 1. The molecule has 2 amide bonds. The number of carbonyl (C=O) groups excluding carboxylic acids is 2. The molecule has 0 bridgehead atoms. The van der Waals surface area contributed by atoms with Gasteiger partial charge in [-0.3, -0.25) is 13.9 Å². The molecule has 12 heteroatoms. The number of sulfonamides is 1. The Labute approximate surface area is 263 Å². The van der Waals surface area contributed by atoms with Crippen LogP contribution in [0.3, 0.4) is 0 Å². The number of nitrogens with one attached hydrogen (secondary N) is 1. The summed E-state index contributed by atoms with van der Waals surface area (Å²) in [5.74, 6) is -0.367. The minimum atomic E-state index is -4.30. The molecule has 0 spiro atoms. The molecule has 0 aliphatic heterocycles. The summed E-state index contributed by atoms with van der Waals surface area (Å²) in [6.07, 6.45) is 0.997. The molecule has 3 aromatic carbocycles. The molecule has 1 atom stereocenters. The van der Waals surface area contributed by atoms with E-state index in [9.17, 15) is 18.0 Å². The van der Waals surface area contributed by atoms with Crippen LogP contribution in [0.1, 0.15) is 37.8 Å². The molecule has 1 N–H and O–H groups in total. The van der Waals surface area contributed by atoms with Gasteiger partial charge in [-0.15, -0.1) is 0 Å². The number of aryl methyl sites for hydroxylation is 1. The van der Waals surface area contributed by atoms with E-state index < -0.39 is 28.5 Å². The normalized spacial score (nSPS) is 11.9. The molecule has 9 nitrogen and oxygen atoms in total. The summed E-state index contributed by atoms with van der Waals surface area (Å²) < 4.78 is 40.2. The van der Waals surface area contributed by atoms with Gasteiger partial charge in [0.2, 0.25) is 11.8 Å². The average molecular weight is 651 g/mol. The third-order valence-electron chi connectivity index (χ3n) is 6.81. The number of benzene rings is 3. The maximum Gasteiger partial charge on any atom is 0.264 e. The molecular weight excluding hydrogens is 613 g/mol. The first kappa shape index (κ1) is 34.0. The van der Waals surface area contributed by atoms with Crippen molar-refractivity contribution in [1.82, 2.24) is 10.2 Å². The molecule has 0 saturated carbocycles.